The average molecular weight is 490 g/mol. The molecule has 4 rings (SSSR count). The van der Waals surface area contributed by atoms with E-state index in [0.717, 1.165) is 55.0 Å². The van der Waals surface area contributed by atoms with Crippen molar-refractivity contribution in [3.05, 3.63) is 46.5 Å². The average Bonchev–Trinajstić information content (AvgIpc) is 3.28. The van der Waals surface area contributed by atoms with Gasteiger partial charge in [-0.1, -0.05) is 22.9 Å². The third-order valence-electron chi connectivity index (χ3n) is 5.80. The second kappa shape index (κ2) is 10.7. The number of hydrogen-bond donors (Lipinski definition) is 0. The van der Waals surface area contributed by atoms with Gasteiger partial charge in [0.1, 0.15) is 0 Å². The Labute approximate surface area is 202 Å². The van der Waals surface area contributed by atoms with Crippen molar-refractivity contribution in [3.8, 4) is 11.5 Å². The first-order valence-electron chi connectivity index (χ1n) is 10.9. The highest BCUT2D eigenvalue weighted by Gasteiger charge is 2.23. The lowest BCUT2D eigenvalue weighted by Gasteiger charge is -2.27. The highest BCUT2D eigenvalue weighted by Crippen LogP contribution is 2.35. The van der Waals surface area contributed by atoms with Gasteiger partial charge in [0, 0.05) is 36.8 Å². The van der Waals surface area contributed by atoms with E-state index in [2.05, 4.69) is 4.90 Å². The van der Waals surface area contributed by atoms with Crippen LogP contribution in [-0.4, -0.2) is 69.4 Å². The fourth-order valence-electron chi connectivity index (χ4n) is 3.89. The van der Waals surface area contributed by atoms with Gasteiger partial charge in [0.15, 0.2) is 16.6 Å². The number of amides is 1. The zero-order valence-electron chi connectivity index (χ0n) is 19.1. The van der Waals surface area contributed by atoms with Crippen LogP contribution in [0.5, 0.6) is 11.5 Å². The maximum Gasteiger partial charge on any atom is 0.260 e. The van der Waals surface area contributed by atoms with Crippen LogP contribution >= 0.6 is 22.9 Å². The summed E-state index contributed by atoms with van der Waals surface area (Å²) in [6.45, 7) is 6.75. The minimum Gasteiger partial charge on any atom is -0.493 e. The van der Waals surface area contributed by atoms with Crippen molar-refractivity contribution in [2.45, 2.75) is 13.3 Å². The van der Waals surface area contributed by atoms with Gasteiger partial charge in [-0.05, 0) is 49.2 Å². The van der Waals surface area contributed by atoms with Crippen molar-refractivity contribution in [2.24, 2.45) is 0 Å². The zero-order chi connectivity index (χ0) is 23.4. The summed E-state index contributed by atoms with van der Waals surface area (Å²) in [6.07, 6.45) is 0.828. The van der Waals surface area contributed by atoms with E-state index < -0.39 is 0 Å². The minimum atomic E-state index is -0.124. The van der Waals surface area contributed by atoms with Crippen molar-refractivity contribution < 1.29 is 19.0 Å². The van der Waals surface area contributed by atoms with Gasteiger partial charge < -0.3 is 14.2 Å². The lowest BCUT2D eigenvalue weighted by molar-refractivity contribution is 0.0376. The monoisotopic (exact) mass is 489 g/mol. The Bertz CT molecular complexity index is 1130. The molecule has 2 aromatic carbocycles. The fraction of sp³-hybridized carbons (Fsp3) is 0.417. The molecule has 0 N–H and O–H groups in total. The number of halogens is 1. The number of fused-ring (bicyclic) bond motifs is 1. The molecule has 0 spiro atoms. The first kappa shape index (κ1) is 23.8. The van der Waals surface area contributed by atoms with Crippen molar-refractivity contribution in [2.75, 3.05) is 58.5 Å². The van der Waals surface area contributed by atoms with Crippen LogP contribution in [0.3, 0.4) is 0 Å². The Morgan fingerprint density at radius 2 is 1.94 bits per heavy atom. The number of methoxy groups -OCH3 is 2. The molecule has 3 aromatic rings. The number of carbonyl (C=O) groups excluding carboxylic acids is 1. The van der Waals surface area contributed by atoms with Crippen molar-refractivity contribution in [1.29, 1.82) is 0 Å². The Morgan fingerprint density at radius 3 is 2.67 bits per heavy atom. The van der Waals surface area contributed by atoms with E-state index in [1.54, 1.807) is 37.3 Å². The van der Waals surface area contributed by atoms with Crippen LogP contribution in [0, 0.1) is 6.92 Å². The maximum absolute atomic E-state index is 13.7. The van der Waals surface area contributed by atoms with E-state index in [9.17, 15) is 4.79 Å². The topological polar surface area (TPSA) is 64.1 Å². The molecule has 0 saturated carbocycles. The molecule has 1 aliphatic rings. The molecule has 0 aliphatic carbocycles. The summed E-state index contributed by atoms with van der Waals surface area (Å²) >= 11 is 7.81. The molecule has 33 heavy (non-hydrogen) atoms. The summed E-state index contributed by atoms with van der Waals surface area (Å²) in [5.41, 5.74) is 2.28. The van der Waals surface area contributed by atoms with E-state index in [1.807, 2.05) is 19.1 Å². The zero-order valence-corrected chi connectivity index (χ0v) is 20.7. The Kier molecular flexibility index (Phi) is 7.70. The predicted octanol–water partition coefficient (Wildman–Crippen LogP) is 4.64. The molecule has 2 heterocycles. The summed E-state index contributed by atoms with van der Waals surface area (Å²) in [6, 6.07) is 9.05. The van der Waals surface area contributed by atoms with E-state index in [1.165, 1.54) is 11.3 Å². The van der Waals surface area contributed by atoms with Crippen LogP contribution in [0.15, 0.2) is 30.3 Å². The number of nitrogens with zero attached hydrogens (tertiary/aromatic N) is 3. The van der Waals surface area contributed by atoms with Gasteiger partial charge in [0.2, 0.25) is 0 Å². The smallest absolute Gasteiger partial charge is 0.260 e. The Balaban J connectivity index is 1.63. The second-order valence-electron chi connectivity index (χ2n) is 7.85. The van der Waals surface area contributed by atoms with Crippen molar-refractivity contribution in [3.63, 3.8) is 0 Å². The molecule has 1 amide bonds. The number of rotatable bonds is 8. The van der Waals surface area contributed by atoms with E-state index in [-0.39, 0.29) is 5.91 Å². The number of morpholine rings is 1. The van der Waals surface area contributed by atoms with Gasteiger partial charge in [0.25, 0.3) is 5.91 Å². The molecule has 0 bridgehead atoms. The highest BCUT2D eigenvalue weighted by molar-refractivity contribution is 7.22. The van der Waals surface area contributed by atoms with Crippen molar-refractivity contribution in [1.82, 2.24) is 9.88 Å². The lowest BCUT2D eigenvalue weighted by Crippen LogP contribution is -2.39. The molecule has 176 valence electrons. The van der Waals surface area contributed by atoms with E-state index in [0.29, 0.717) is 33.8 Å². The molecule has 1 fully saturated rings. The number of carbonyl (C=O) groups is 1. The standard InChI is InChI=1S/C24H28ClN3O4S/c1-16-18(25)6-8-21-22(16)26-24(33-21)28(10-4-9-27-11-13-32-14-12-27)23(29)17-5-7-19(30-2)20(15-17)31-3/h5-8,15H,4,9-14H2,1-3H3. The molecular formula is C24H28ClN3O4S. The third-order valence-corrected chi connectivity index (χ3v) is 7.26. The summed E-state index contributed by atoms with van der Waals surface area (Å²) in [5, 5.41) is 1.33. The molecule has 0 radical (unpaired) electrons. The third kappa shape index (κ3) is 5.24. The van der Waals surface area contributed by atoms with Crippen LogP contribution in [0.25, 0.3) is 10.2 Å². The quantitative estimate of drug-likeness (QED) is 0.459. The molecule has 9 heteroatoms. The van der Waals surface area contributed by atoms with Crippen molar-refractivity contribution >= 4 is 44.2 Å². The van der Waals surface area contributed by atoms with Gasteiger partial charge in [-0.2, -0.15) is 0 Å². The van der Waals surface area contributed by atoms with Gasteiger partial charge in [-0.15, -0.1) is 0 Å². The molecule has 7 nitrogen and oxygen atoms in total. The molecule has 0 unspecified atom stereocenters. The van der Waals surface area contributed by atoms with Gasteiger partial charge in [-0.3, -0.25) is 14.6 Å². The number of aryl methyl sites for hydroxylation is 1. The fourth-order valence-corrected chi connectivity index (χ4v) is 5.09. The summed E-state index contributed by atoms with van der Waals surface area (Å²) < 4.78 is 17.2. The molecule has 1 aromatic heterocycles. The Morgan fingerprint density at radius 1 is 1.18 bits per heavy atom. The first-order valence-corrected chi connectivity index (χ1v) is 12.1. The number of ether oxygens (including phenoxy) is 3. The number of hydrogen-bond acceptors (Lipinski definition) is 7. The van der Waals surface area contributed by atoms with Crippen LogP contribution < -0.4 is 14.4 Å². The normalized spacial score (nSPS) is 14.4. The molecule has 1 saturated heterocycles. The number of aromatic nitrogens is 1. The van der Waals surface area contributed by atoms with Gasteiger partial charge >= 0.3 is 0 Å². The Hall–Kier alpha value is -2.39. The van der Waals surface area contributed by atoms with Gasteiger partial charge in [-0.25, -0.2) is 4.98 Å². The predicted molar refractivity (Wildman–Crippen MR) is 132 cm³/mol. The second-order valence-corrected chi connectivity index (χ2v) is 9.27. The van der Waals surface area contributed by atoms with E-state index in [4.69, 9.17) is 30.8 Å². The van der Waals surface area contributed by atoms with Gasteiger partial charge in [0.05, 0.1) is 37.6 Å². The minimum absolute atomic E-state index is 0.124. The number of anilines is 1. The lowest BCUT2D eigenvalue weighted by atomic mass is 10.1. The molecule has 0 atom stereocenters. The van der Waals surface area contributed by atoms with E-state index >= 15 is 0 Å². The maximum atomic E-state index is 13.7. The highest BCUT2D eigenvalue weighted by atomic mass is 35.5. The number of thiazole rings is 1. The molecular weight excluding hydrogens is 462 g/mol. The molecule has 1 aliphatic heterocycles. The van der Waals surface area contributed by atoms with Crippen LogP contribution in [0.4, 0.5) is 5.13 Å². The largest absolute Gasteiger partial charge is 0.493 e. The summed E-state index contributed by atoms with van der Waals surface area (Å²) in [5.74, 6) is 0.974. The van der Waals surface area contributed by atoms with Crippen LogP contribution in [0.1, 0.15) is 22.3 Å². The number of benzene rings is 2. The summed E-state index contributed by atoms with van der Waals surface area (Å²) in [7, 11) is 3.14. The first-order chi connectivity index (χ1) is 16.0. The van der Waals surface area contributed by atoms with Crippen LogP contribution in [0.2, 0.25) is 5.02 Å². The summed E-state index contributed by atoms with van der Waals surface area (Å²) in [4.78, 5) is 22.6. The van der Waals surface area contributed by atoms with Crippen LogP contribution in [-0.2, 0) is 4.74 Å². The SMILES string of the molecule is COc1ccc(C(=O)N(CCCN2CCOCC2)c2nc3c(C)c(Cl)ccc3s2)cc1OC.